The molecule has 3 rings (SSSR count). The summed E-state index contributed by atoms with van der Waals surface area (Å²) in [6, 6.07) is 6.79. The number of nitrogens with one attached hydrogen (secondary N) is 1. The van der Waals surface area contributed by atoms with Gasteiger partial charge in [-0.05, 0) is 51.0 Å². The molecule has 1 aliphatic heterocycles. The number of allylic oxidation sites excluding steroid dienone is 1. The normalized spacial score (nSPS) is 26.2. The highest BCUT2D eigenvalue weighted by Crippen LogP contribution is 2.44. The van der Waals surface area contributed by atoms with Gasteiger partial charge in [0.2, 0.25) is 11.8 Å². The van der Waals surface area contributed by atoms with E-state index in [1.54, 1.807) is 6.92 Å². The van der Waals surface area contributed by atoms with Crippen LogP contribution in [0.3, 0.4) is 0 Å². The molecule has 0 radical (unpaired) electrons. The van der Waals surface area contributed by atoms with Gasteiger partial charge in [-0.3, -0.25) is 14.4 Å². The van der Waals surface area contributed by atoms with Crippen molar-refractivity contribution < 1.29 is 24.2 Å². The minimum atomic E-state index is -0.808. The van der Waals surface area contributed by atoms with Crippen molar-refractivity contribution in [2.75, 3.05) is 43.1 Å². The third-order valence-electron chi connectivity index (χ3n) is 6.71. The molecular weight excluding hydrogens is 422 g/mol. The average Bonchev–Trinajstić information content (AvgIpc) is 3.08. The van der Waals surface area contributed by atoms with Crippen LogP contribution in [0.4, 0.5) is 11.4 Å². The van der Waals surface area contributed by atoms with Crippen molar-refractivity contribution in [2.45, 2.75) is 33.7 Å². The molecule has 2 N–H and O–H groups in total. The molecule has 0 unspecified atom stereocenters. The van der Waals surface area contributed by atoms with E-state index in [1.807, 2.05) is 43.3 Å². The molecule has 0 spiro atoms. The molecule has 2 amide bonds. The number of benzene rings is 1. The average molecular weight is 458 g/mol. The molecule has 0 saturated carbocycles. The number of β-amino-alcohol motifs (C(OH)–C–C–N with tert-alkyl or cyclic N) is 1. The zero-order valence-corrected chi connectivity index (χ0v) is 19.9. The monoisotopic (exact) mass is 457 g/mol. The second-order valence-corrected chi connectivity index (χ2v) is 8.53. The summed E-state index contributed by atoms with van der Waals surface area (Å²) in [5.41, 5.74) is 1.70. The van der Waals surface area contributed by atoms with Gasteiger partial charge in [0.25, 0.3) is 0 Å². The predicted molar refractivity (Wildman–Crippen MR) is 127 cm³/mol. The van der Waals surface area contributed by atoms with Gasteiger partial charge in [-0.2, -0.15) is 0 Å². The van der Waals surface area contributed by atoms with Crippen molar-refractivity contribution in [1.82, 2.24) is 4.90 Å². The Morgan fingerprint density at radius 3 is 2.36 bits per heavy atom. The van der Waals surface area contributed by atoms with Crippen LogP contribution in [-0.2, 0) is 19.1 Å². The number of esters is 1. The van der Waals surface area contributed by atoms with Gasteiger partial charge < -0.3 is 25.0 Å². The van der Waals surface area contributed by atoms with Crippen molar-refractivity contribution in [1.29, 1.82) is 0 Å². The van der Waals surface area contributed by atoms with Gasteiger partial charge in [0.05, 0.1) is 25.0 Å². The summed E-state index contributed by atoms with van der Waals surface area (Å²) in [6.07, 6.45) is 3.76. The third kappa shape index (κ3) is 4.90. The van der Waals surface area contributed by atoms with Crippen molar-refractivity contribution >= 4 is 29.2 Å². The molecule has 1 aromatic rings. The molecule has 1 fully saturated rings. The maximum Gasteiger partial charge on any atom is 0.310 e. The van der Waals surface area contributed by atoms with Gasteiger partial charge in [0.1, 0.15) is 6.04 Å². The van der Waals surface area contributed by atoms with Crippen LogP contribution in [0.25, 0.3) is 0 Å². The van der Waals surface area contributed by atoms with E-state index in [0.717, 1.165) is 18.8 Å². The Hall–Kier alpha value is -2.87. The quantitative estimate of drug-likeness (QED) is 0.436. The number of likely N-dealkylation sites (tertiary alicyclic amines) is 1. The summed E-state index contributed by atoms with van der Waals surface area (Å²) in [5, 5.41) is 12.5. The van der Waals surface area contributed by atoms with Gasteiger partial charge in [-0.1, -0.05) is 19.1 Å². The fraction of sp³-hybridized carbons (Fsp3) is 0.560. The third-order valence-corrected chi connectivity index (χ3v) is 6.71. The fourth-order valence-electron chi connectivity index (χ4n) is 5.10. The van der Waals surface area contributed by atoms with E-state index in [1.165, 1.54) is 4.90 Å². The highest BCUT2D eigenvalue weighted by molar-refractivity contribution is 6.01. The lowest BCUT2D eigenvalue weighted by atomic mass is 9.70. The SMILES string of the molecule is CCOC(=O)[C@H]1[C@@H]2C(=O)N(CCO)[C@H](C(=O)Nc3ccc(N(CC)CC)cc3)[C@H]2C=C[C@H]1C. The van der Waals surface area contributed by atoms with Crippen LogP contribution in [0.5, 0.6) is 0 Å². The lowest BCUT2D eigenvalue weighted by Gasteiger charge is -2.32. The van der Waals surface area contributed by atoms with E-state index >= 15 is 0 Å². The Bertz CT molecular complexity index is 881. The number of nitrogens with zero attached hydrogens (tertiary/aromatic N) is 2. The number of carbonyl (C=O) groups excluding carboxylic acids is 3. The number of rotatable bonds is 9. The summed E-state index contributed by atoms with van der Waals surface area (Å²) >= 11 is 0. The molecule has 33 heavy (non-hydrogen) atoms. The number of fused-ring (bicyclic) bond motifs is 1. The van der Waals surface area contributed by atoms with Crippen LogP contribution in [0.15, 0.2) is 36.4 Å². The molecule has 1 heterocycles. The van der Waals surface area contributed by atoms with E-state index in [2.05, 4.69) is 24.1 Å². The molecule has 1 aromatic carbocycles. The minimum Gasteiger partial charge on any atom is -0.466 e. The summed E-state index contributed by atoms with van der Waals surface area (Å²) in [7, 11) is 0. The van der Waals surface area contributed by atoms with Crippen molar-refractivity contribution in [2.24, 2.45) is 23.7 Å². The van der Waals surface area contributed by atoms with Crippen LogP contribution < -0.4 is 10.2 Å². The van der Waals surface area contributed by atoms with E-state index in [9.17, 15) is 19.5 Å². The van der Waals surface area contributed by atoms with E-state index < -0.39 is 29.8 Å². The first-order valence-corrected chi connectivity index (χ1v) is 11.8. The predicted octanol–water partition coefficient (Wildman–Crippen LogP) is 2.29. The van der Waals surface area contributed by atoms with E-state index in [-0.39, 0.29) is 37.5 Å². The second-order valence-electron chi connectivity index (χ2n) is 8.53. The topological polar surface area (TPSA) is 99.2 Å². The Balaban J connectivity index is 1.86. The largest absolute Gasteiger partial charge is 0.466 e. The number of hydrogen-bond donors (Lipinski definition) is 2. The van der Waals surface area contributed by atoms with Crippen LogP contribution in [0, 0.1) is 23.7 Å². The molecule has 5 atom stereocenters. The molecule has 0 aromatic heterocycles. The molecule has 0 bridgehead atoms. The molecule has 8 heteroatoms. The zero-order chi connectivity index (χ0) is 24.1. The van der Waals surface area contributed by atoms with Gasteiger partial charge in [0.15, 0.2) is 0 Å². The summed E-state index contributed by atoms with van der Waals surface area (Å²) in [6.45, 7) is 9.55. The van der Waals surface area contributed by atoms with E-state index in [0.29, 0.717) is 5.69 Å². The minimum absolute atomic E-state index is 0.0303. The zero-order valence-electron chi connectivity index (χ0n) is 19.9. The lowest BCUT2D eigenvalue weighted by molar-refractivity contribution is -0.155. The smallest absolute Gasteiger partial charge is 0.310 e. The van der Waals surface area contributed by atoms with Crippen LogP contribution in [0.1, 0.15) is 27.7 Å². The molecule has 1 saturated heterocycles. The molecule has 8 nitrogen and oxygen atoms in total. The molecule has 1 aliphatic carbocycles. The number of ether oxygens (including phenoxy) is 1. The summed E-state index contributed by atoms with van der Waals surface area (Å²) < 4.78 is 5.25. The van der Waals surface area contributed by atoms with Gasteiger partial charge in [0, 0.05) is 36.9 Å². The Kier molecular flexibility index (Phi) is 8.13. The first kappa shape index (κ1) is 24.8. The summed E-state index contributed by atoms with van der Waals surface area (Å²) in [4.78, 5) is 43.0. The molecule has 180 valence electrons. The van der Waals surface area contributed by atoms with Crippen molar-refractivity contribution in [3.8, 4) is 0 Å². The van der Waals surface area contributed by atoms with Crippen molar-refractivity contribution in [3.63, 3.8) is 0 Å². The maximum atomic E-state index is 13.4. The van der Waals surface area contributed by atoms with Gasteiger partial charge >= 0.3 is 5.97 Å². The first-order chi connectivity index (χ1) is 15.9. The van der Waals surface area contributed by atoms with Gasteiger partial charge in [-0.15, -0.1) is 0 Å². The highest BCUT2D eigenvalue weighted by atomic mass is 16.5. The standard InChI is InChI=1S/C25H35N3O5/c1-5-27(6-2)18-11-9-17(10-12-18)26-23(30)22-19-13-8-16(4)20(25(32)33-7-3)21(19)24(31)28(22)14-15-29/h8-13,16,19-22,29H,5-7,14-15H2,1-4H3,(H,26,30)/t16-,19+,20-,21-,22+/m1/s1. The second kappa shape index (κ2) is 10.8. The lowest BCUT2D eigenvalue weighted by Crippen LogP contribution is -2.45. The molecular formula is C25H35N3O5. The maximum absolute atomic E-state index is 13.4. The Morgan fingerprint density at radius 1 is 1.12 bits per heavy atom. The van der Waals surface area contributed by atoms with Crippen LogP contribution >= 0.6 is 0 Å². The van der Waals surface area contributed by atoms with Crippen LogP contribution in [0.2, 0.25) is 0 Å². The molecule has 2 aliphatic rings. The number of amides is 2. The Labute approximate surface area is 195 Å². The number of anilines is 2. The van der Waals surface area contributed by atoms with Gasteiger partial charge in [-0.25, -0.2) is 0 Å². The Morgan fingerprint density at radius 2 is 1.79 bits per heavy atom. The van der Waals surface area contributed by atoms with E-state index in [4.69, 9.17) is 4.74 Å². The van der Waals surface area contributed by atoms with Crippen LogP contribution in [-0.4, -0.2) is 66.7 Å². The number of aliphatic hydroxyl groups excluding tert-OH is 1. The number of carbonyl (C=O) groups is 3. The fourth-order valence-corrected chi connectivity index (χ4v) is 5.10. The number of hydrogen-bond acceptors (Lipinski definition) is 6. The first-order valence-electron chi connectivity index (χ1n) is 11.8. The van der Waals surface area contributed by atoms with Crippen molar-refractivity contribution in [3.05, 3.63) is 36.4 Å². The highest BCUT2D eigenvalue weighted by Gasteiger charge is 2.56. The summed E-state index contributed by atoms with van der Waals surface area (Å²) in [5.74, 6) is -3.03. The number of aliphatic hydroxyl groups is 1.